The summed E-state index contributed by atoms with van der Waals surface area (Å²) in [6.07, 6.45) is -0.613. The number of halogens is 2. The fraction of sp³-hybridized carbons (Fsp3) is 0.571. The third-order valence-electron chi connectivity index (χ3n) is 3.63. The Hall–Kier alpha value is -1.24. The summed E-state index contributed by atoms with van der Waals surface area (Å²) in [4.78, 5) is 1.86. The zero-order valence-electron chi connectivity index (χ0n) is 11.6. The molecule has 1 N–H and O–H groups in total. The number of hydrogen-bond donors (Lipinski definition) is 1. The van der Waals surface area contributed by atoms with Gasteiger partial charge in [-0.05, 0) is 18.7 Å². The Morgan fingerprint density at radius 2 is 2.15 bits per heavy atom. The Kier molecular flexibility index (Phi) is 4.91. The van der Waals surface area contributed by atoms with Crippen molar-refractivity contribution in [2.75, 3.05) is 26.9 Å². The predicted molar refractivity (Wildman–Crippen MR) is 69.6 cm³/mol. The Morgan fingerprint density at radius 1 is 1.40 bits per heavy atom. The third-order valence-corrected chi connectivity index (χ3v) is 3.63. The van der Waals surface area contributed by atoms with Gasteiger partial charge in [0.1, 0.15) is 5.75 Å². The number of methoxy groups -OCH3 is 1. The van der Waals surface area contributed by atoms with Crippen molar-refractivity contribution in [1.29, 1.82) is 0 Å². The van der Waals surface area contributed by atoms with Crippen molar-refractivity contribution < 1.29 is 23.4 Å². The van der Waals surface area contributed by atoms with Crippen LogP contribution in [0.25, 0.3) is 0 Å². The van der Waals surface area contributed by atoms with Crippen LogP contribution in [0.3, 0.4) is 0 Å². The van der Waals surface area contributed by atoms with Crippen LogP contribution in [0.15, 0.2) is 12.1 Å². The van der Waals surface area contributed by atoms with Gasteiger partial charge in [0.15, 0.2) is 11.6 Å². The first kappa shape index (κ1) is 15.2. The lowest BCUT2D eigenvalue weighted by Crippen LogP contribution is -2.42. The molecule has 1 saturated heterocycles. The number of likely N-dealkylation sites (N-methyl/N-ethyl adjacent to an activating group) is 1. The highest BCUT2D eigenvalue weighted by molar-refractivity contribution is 5.35. The number of nitrogens with zero attached hydrogens (tertiary/aromatic N) is 1. The van der Waals surface area contributed by atoms with Crippen LogP contribution < -0.4 is 4.74 Å². The minimum Gasteiger partial charge on any atom is -0.496 e. The van der Waals surface area contributed by atoms with Gasteiger partial charge in [-0.25, -0.2) is 8.78 Å². The molecule has 112 valence electrons. The quantitative estimate of drug-likeness (QED) is 0.892. The van der Waals surface area contributed by atoms with Crippen LogP contribution in [0.5, 0.6) is 5.75 Å². The lowest BCUT2D eigenvalue weighted by molar-refractivity contribution is 0.0795. The van der Waals surface area contributed by atoms with Crippen molar-refractivity contribution in [2.24, 2.45) is 0 Å². The molecule has 20 heavy (non-hydrogen) atoms. The highest BCUT2D eigenvalue weighted by Crippen LogP contribution is 2.27. The molecular weight excluding hydrogens is 268 g/mol. The molecule has 1 aromatic carbocycles. The van der Waals surface area contributed by atoms with Gasteiger partial charge in [0, 0.05) is 12.1 Å². The third kappa shape index (κ3) is 2.92. The van der Waals surface area contributed by atoms with Crippen LogP contribution in [0.1, 0.15) is 12.5 Å². The lowest BCUT2D eigenvalue weighted by Gasteiger charge is -2.29. The van der Waals surface area contributed by atoms with E-state index in [1.54, 1.807) is 0 Å². The first-order valence-electron chi connectivity index (χ1n) is 6.59. The van der Waals surface area contributed by atoms with Gasteiger partial charge in [0.25, 0.3) is 0 Å². The molecule has 0 aromatic heterocycles. The predicted octanol–water partition coefficient (Wildman–Crippen LogP) is 1.55. The van der Waals surface area contributed by atoms with Crippen molar-refractivity contribution in [3.05, 3.63) is 29.3 Å². The van der Waals surface area contributed by atoms with Gasteiger partial charge < -0.3 is 14.6 Å². The highest BCUT2D eigenvalue weighted by Gasteiger charge is 2.32. The van der Waals surface area contributed by atoms with E-state index in [-0.39, 0.29) is 24.8 Å². The summed E-state index contributed by atoms with van der Waals surface area (Å²) in [5.74, 6) is -1.51. The zero-order valence-corrected chi connectivity index (χ0v) is 11.6. The van der Waals surface area contributed by atoms with Crippen LogP contribution >= 0.6 is 0 Å². The molecular formula is C14H19F2NO3. The second-order valence-corrected chi connectivity index (χ2v) is 4.78. The molecule has 4 nitrogen and oxygen atoms in total. The van der Waals surface area contributed by atoms with Crippen molar-refractivity contribution in [1.82, 2.24) is 4.90 Å². The molecule has 0 unspecified atom stereocenters. The molecule has 0 bridgehead atoms. The van der Waals surface area contributed by atoms with Crippen LogP contribution in [-0.2, 0) is 11.3 Å². The summed E-state index contributed by atoms with van der Waals surface area (Å²) in [5, 5.41) is 9.85. The molecule has 0 amide bonds. The van der Waals surface area contributed by atoms with Gasteiger partial charge in [0.05, 0.1) is 32.5 Å². The first-order chi connectivity index (χ1) is 9.58. The van der Waals surface area contributed by atoms with E-state index in [0.717, 1.165) is 6.07 Å². The van der Waals surface area contributed by atoms with Crippen molar-refractivity contribution in [3.8, 4) is 5.75 Å². The summed E-state index contributed by atoms with van der Waals surface area (Å²) in [6.45, 7) is 3.30. The van der Waals surface area contributed by atoms with E-state index in [1.165, 1.54) is 13.2 Å². The van der Waals surface area contributed by atoms with Crippen LogP contribution in [0.4, 0.5) is 8.78 Å². The Bertz CT molecular complexity index is 470. The van der Waals surface area contributed by atoms with Gasteiger partial charge >= 0.3 is 0 Å². The molecule has 0 spiro atoms. The van der Waals surface area contributed by atoms with Crippen LogP contribution in [-0.4, -0.2) is 49.0 Å². The molecule has 1 fully saturated rings. The maximum atomic E-state index is 14.0. The van der Waals surface area contributed by atoms with Crippen molar-refractivity contribution in [3.63, 3.8) is 0 Å². The van der Waals surface area contributed by atoms with E-state index in [1.807, 2.05) is 11.8 Å². The fourth-order valence-electron chi connectivity index (χ4n) is 2.46. The van der Waals surface area contributed by atoms with Gasteiger partial charge in [0.2, 0.25) is 0 Å². The van der Waals surface area contributed by atoms with Gasteiger partial charge in [-0.15, -0.1) is 0 Å². The molecule has 0 aliphatic carbocycles. The summed E-state index contributed by atoms with van der Waals surface area (Å²) in [7, 11) is 1.42. The number of hydrogen-bond acceptors (Lipinski definition) is 4. The number of aliphatic hydroxyl groups is 1. The normalized spacial score (nSPS) is 22.5. The van der Waals surface area contributed by atoms with Crippen molar-refractivity contribution >= 4 is 0 Å². The molecule has 1 aromatic rings. The smallest absolute Gasteiger partial charge is 0.167 e. The minimum absolute atomic E-state index is 0.161. The highest BCUT2D eigenvalue weighted by atomic mass is 19.2. The summed E-state index contributed by atoms with van der Waals surface area (Å²) < 4.78 is 37.6. The average Bonchev–Trinajstić information content (AvgIpc) is 2.87. The Balaban J connectivity index is 2.25. The second kappa shape index (κ2) is 6.47. The number of ether oxygens (including phenoxy) is 2. The largest absolute Gasteiger partial charge is 0.496 e. The molecule has 1 aliphatic heterocycles. The van der Waals surface area contributed by atoms with Gasteiger partial charge in [-0.3, -0.25) is 4.90 Å². The number of rotatable bonds is 5. The zero-order chi connectivity index (χ0) is 14.7. The number of aliphatic hydroxyl groups excluding tert-OH is 1. The fourth-order valence-corrected chi connectivity index (χ4v) is 2.46. The summed E-state index contributed by atoms with van der Waals surface area (Å²) in [6, 6.07) is 2.23. The Morgan fingerprint density at radius 3 is 2.70 bits per heavy atom. The van der Waals surface area contributed by atoms with Gasteiger partial charge in [-0.1, -0.05) is 6.92 Å². The standard InChI is InChI=1S/C14H19F2NO3/c1-3-17(11-7-20-8-12(11)18)6-9-13(19-2)5-4-10(15)14(9)16/h4-5,11-12,18H,3,6-8H2,1-2H3/t11-,12-/m0/s1. The van der Waals surface area contributed by atoms with Crippen LogP contribution in [0.2, 0.25) is 0 Å². The average molecular weight is 287 g/mol. The summed E-state index contributed by atoms with van der Waals surface area (Å²) in [5.41, 5.74) is 0.161. The molecule has 1 aliphatic rings. The maximum absolute atomic E-state index is 14.0. The molecule has 2 rings (SSSR count). The van der Waals surface area contributed by atoms with E-state index >= 15 is 0 Å². The van der Waals surface area contributed by atoms with Crippen molar-refractivity contribution in [2.45, 2.75) is 25.6 Å². The van der Waals surface area contributed by atoms with Gasteiger partial charge in [-0.2, -0.15) is 0 Å². The van der Waals surface area contributed by atoms with E-state index in [2.05, 4.69) is 0 Å². The Labute approximate surface area is 116 Å². The molecule has 1 heterocycles. The SMILES string of the molecule is CCN(Cc1c(OC)ccc(F)c1F)[C@H]1COC[C@@H]1O. The molecule has 2 atom stereocenters. The summed E-state index contributed by atoms with van der Waals surface area (Å²) >= 11 is 0. The van der Waals surface area contributed by atoms with E-state index in [9.17, 15) is 13.9 Å². The van der Waals surface area contributed by atoms with E-state index in [0.29, 0.717) is 18.9 Å². The lowest BCUT2D eigenvalue weighted by atomic mass is 10.1. The van der Waals surface area contributed by atoms with E-state index in [4.69, 9.17) is 9.47 Å². The monoisotopic (exact) mass is 287 g/mol. The number of benzene rings is 1. The molecule has 6 heteroatoms. The van der Waals surface area contributed by atoms with Crippen LogP contribution in [0, 0.1) is 11.6 Å². The topological polar surface area (TPSA) is 41.9 Å². The van der Waals surface area contributed by atoms with E-state index < -0.39 is 17.7 Å². The first-order valence-corrected chi connectivity index (χ1v) is 6.59. The maximum Gasteiger partial charge on any atom is 0.167 e. The minimum atomic E-state index is -0.906. The molecule has 0 saturated carbocycles. The second-order valence-electron chi connectivity index (χ2n) is 4.78. The molecule has 0 radical (unpaired) electrons.